The highest BCUT2D eigenvalue weighted by Gasteiger charge is 2.03. The highest BCUT2D eigenvalue weighted by atomic mass is 127. The maximum Gasteiger partial charge on any atom is 0.195 e. The molecule has 114 valence electrons. The van der Waals surface area contributed by atoms with Crippen LogP contribution in [0.25, 0.3) is 0 Å². The normalized spacial score (nSPS) is 9.50. The Bertz CT molecular complexity index is 400. The van der Waals surface area contributed by atoms with Crippen molar-refractivity contribution in [1.29, 1.82) is 0 Å². The molecule has 0 fully saturated rings. The van der Waals surface area contributed by atoms with Crippen LogP contribution >= 0.6 is 24.0 Å². The van der Waals surface area contributed by atoms with Crippen molar-refractivity contribution in [3.8, 4) is 0 Å². The summed E-state index contributed by atoms with van der Waals surface area (Å²) in [6.07, 6.45) is 0.971. The molecule has 0 bridgehead atoms. The summed E-state index contributed by atoms with van der Waals surface area (Å²) in [6.45, 7) is 0.813. The van der Waals surface area contributed by atoms with Crippen LogP contribution in [-0.4, -0.2) is 64.6 Å². The maximum absolute atomic E-state index is 4.63. The van der Waals surface area contributed by atoms with E-state index in [4.69, 9.17) is 0 Å². The Balaban J connectivity index is 0.00000361. The first-order chi connectivity index (χ1) is 8.91. The van der Waals surface area contributed by atoms with Gasteiger partial charge in [-0.05, 0) is 24.1 Å². The van der Waals surface area contributed by atoms with Crippen molar-refractivity contribution in [3.05, 3.63) is 29.8 Å². The first-order valence-corrected chi connectivity index (χ1v) is 6.57. The molecule has 4 nitrogen and oxygen atoms in total. The molecule has 20 heavy (non-hydrogen) atoms. The Hall–Kier alpha value is -0.980. The lowest BCUT2D eigenvalue weighted by atomic mass is 10.1. The molecule has 0 N–H and O–H groups in total. The zero-order chi connectivity index (χ0) is 14.4. The van der Waals surface area contributed by atoms with E-state index < -0.39 is 0 Å². The number of halogens is 1. The SMILES string of the molecule is CN(C)C(=NCCc1ccc(N(C)C)cc1)N(C)C.I. The maximum atomic E-state index is 4.63. The van der Waals surface area contributed by atoms with Crippen molar-refractivity contribution >= 4 is 35.6 Å². The number of anilines is 1. The number of hydrogen-bond acceptors (Lipinski definition) is 2. The van der Waals surface area contributed by atoms with Crippen molar-refractivity contribution in [1.82, 2.24) is 9.80 Å². The molecule has 5 heteroatoms. The summed E-state index contributed by atoms with van der Waals surface area (Å²) in [7, 11) is 12.2. The van der Waals surface area contributed by atoms with Crippen LogP contribution in [0.4, 0.5) is 5.69 Å². The largest absolute Gasteiger partial charge is 0.378 e. The molecule has 0 aliphatic carbocycles. The third kappa shape index (κ3) is 5.98. The lowest BCUT2D eigenvalue weighted by Gasteiger charge is -2.22. The Kier molecular flexibility index (Phi) is 8.60. The summed E-state index contributed by atoms with van der Waals surface area (Å²) in [5, 5.41) is 0. The third-order valence-corrected chi connectivity index (χ3v) is 2.91. The van der Waals surface area contributed by atoms with E-state index in [1.165, 1.54) is 11.3 Å². The van der Waals surface area contributed by atoms with Gasteiger partial charge in [0.2, 0.25) is 0 Å². The van der Waals surface area contributed by atoms with Crippen molar-refractivity contribution in [2.24, 2.45) is 4.99 Å². The lowest BCUT2D eigenvalue weighted by molar-refractivity contribution is 0.479. The molecular weight excluding hydrogens is 363 g/mol. The summed E-state index contributed by atoms with van der Waals surface area (Å²) in [4.78, 5) is 10.8. The molecule has 1 aromatic carbocycles. The van der Waals surface area contributed by atoms with Crippen molar-refractivity contribution in [2.45, 2.75) is 6.42 Å². The Morgan fingerprint density at radius 2 is 1.40 bits per heavy atom. The van der Waals surface area contributed by atoms with Gasteiger partial charge >= 0.3 is 0 Å². The average Bonchev–Trinajstić information content (AvgIpc) is 2.34. The molecule has 1 rings (SSSR count). The second kappa shape index (κ2) is 9.05. The van der Waals surface area contributed by atoms with Crippen LogP contribution in [0.5, 0.6) is 0 Å². The molecule has 0 aliphatic heterocycles. The second-order valence-corrected chi connectivity index (χ2v) is 5.28. The molecule has 0 amide bonds. The predicted octanol–water partition coefficient (Wildman–Crippen LogP) is 2.39. The molecule has 0 spiro atoms. The van der Waals surface area contributed by atoms with E-state index in [0.29, 0.717) is 0 Å². The van der Waals surface area contributed by atoms with Crippen LogP contribution in [0.3, 0.4) is 0 Å². The standard InChI is InChI=1S/C15H26N4.HI/c1-17(2)14-9-7-13(8-10-14)11-12-16-15(18(3)4)19(5)6;/h7-10H,11-12H2,1-6H3;1H. The molecule has 0 radical (unpaired) electrons. The van der Waals surface area contributed by atoms with Crippen molar-refractivity contribution in [3.63, 3.8) is 0 Å². The summed E-state index contributed by atoms with van der Waals surface area (Å²) < 4.78 is 0. The molecule has 0 atom stereocenters. The van der Waals surface area contributed by atoms with Gasteiger partial charge in [0.15, 0.2) is 5.96 Å². The third-order valence-electron chi connectivity index (χ3n) is 2.91. The zero-order valence-electron chi connectivity index (χ0n) is 13.4. The molecule has 0 saturated heterocycles. The van der Waals surface area contributed by atoms with Crippen LogP contribution < -0.4 is 4.90 Å². The van der Waals surface area contributed by atoms with Gasteiger partial charge in [0.05, 0.1) is 0 Å². The summed E-state index contributed by atoms with van der Waals surface area (Å²) in [5.41, 5.74) is 2.56. The van der Waals surface area contributed by atoms with Gasteiger partial charge in [-0.25, -0.2) is 0 Å². The van der Waals surface area contributed by atoms with E-state index in [1.807, 2.05) is 38.0 Å². The van der Waals surface area contributed by atoms with Gasteiger partial charge in [-0.3, -0.25) is 4.99 Å². The van der Waals surface area contributed by atoms with Crippen LogP contribution in [-0.2, 0) is 6.42 Å². The first kappa shape index (κ1) is 19.0. The van der Waals surface area contributed by atoms with Gasteiger partial charge in [0, 0.05) is 54.5 Å². The minimum atomic E-state index is 0. The number of nitrogens with zero attached hydrogens (tertiary/aromatic N) is 4. The van der Waals surface area contributed by atoms with E-state index in [-0.39, 0.29) is 24.0 Å². The monoisotopic (exact) mass is 390 g/mol. The van der Waals surface area contributed by atoms with Gasteiger partial charge in [0.1, 0.15) is 0 Å². The van der Waals surface area contributed by atoms with Crippen molar-refractivity contribution in [2.75, 3.05) is 53.7 Å². The van der Waals surface area contributed by atoms with Gasteiger partial charge in [0.25, 0.3) is 0 Å². The van der Waals surface area contributed by atoms with Crippen LogP contribution in [0, 0.1) is 0 Å². The fourth-order valence-corrected chi connectivity index (χ4v) is 1.93. The van der Waals surface area contributed by atoms with Gasteiger partial charge in [-0.15, -0.1) is 24.0 Å². The number of benzene rings is 1. The number of guanidine groups is 1. The van der Waals surface area contributed by atoms with E-state index in [2.05, 4.69) is 48.3 Å². The van der Waals surface area contributed by atoms with Gasteiger partial charge in [-0.1, -0.05) is 12.1 Å². The fourth-order valence-electron chi connectivity index (χ4n) is 1.93. The summed E-state index contributed by atoms with van der Waals surface area (Å²) >= 11 is 0. The Morgan fingerprint density at radius 3 is 1.80 bits per heavy atom. The van der Waals surface area contributed by atoms with E-state index >= 15 is 0 Å². The van der Waals surface area contributed by atoms with Crippen molar-refractivity contribution < 1.29 is 0 Å². The van der Waals surface area contributed by atoms with E-state index in [0.717, 1.165) is 18.9 Å². The smallest absolute Gasteiger partial charge is 0.195 e. The minimum absolute atomic E-state index is 0. The van der Waals surface area contributed by atoms with Gasteiger partial charge < -0.3 is 14.7 Å². The van der Waals surface area contributed by atoms with Crippen LogP contribution in [0.1, 0.15) is 5.56 Å². The summed E-state index contributed by atoms with van der Waals surface area (Å²) in [5.74, 6) is 1.00. The predicted molar refractivity (Wildman–Crippen MR) is 99.6 cm³/mol. The number of rotatable bonds is 4. The molecule has 0 saturated carbocycles. The lowest BCUT2D eigenvalue weighted by Crippen LogP contribution is -2.35. The molecular formula is C15H27IN4. The fraction of sp³-hybridized carbons (Fsp3) is 0.533. The van der Waals surface area contributed by atoms with E-state index in [1.54, 1.807) is 0 Å². The average molecular weight is 390 g/mol. The van der Waals surface area contributed by atoms with Crippen LogP contribution in [0.2, 0.25) is 0 Å². The topological polar surface area (TPSA) is 22.1 Å². The molecule has 0 aromatic heterocycles. The first-order valence-electron chi connectivity index (χ1n) is 6.57. The quantitative estimate of drug-likeness (QED) is 0.448. The summed E-state index contributed by atoms with van der Waals surface area (Å²) in [6, 6.07) is 8.65. The second-order valence-electron chi connectivity index (χ2n) is 5.28. The molecule has 0 unspecified atom stereocenters. The Morgan fingerprint density at radius 1 is 0.900 bits per heavy atom. The van der Waals surface area contributed by atoms with Crippen LogP contribution in [0.15, 0.2) is 29.3 Å². The zero-order valence-corrected chi connectivity index (χ0v) is 15.8. The molecule has 0 aliphatic rings. The number of aliphatic imine (C=N–C) groups is 1. The highest BCUT2D eigenvalue weighted by molar-refractivity contribution is 14.0. The number of hydrogen-bond donors (Lipinski definition) is 0. The Labute approximate surface area is 140 Å². The van der Waals surface area contributed by atoms with E-state index in [9.17, 15) is 0 Å². The molecule has 1 aromatic rings. The highest BCUT2D eigenvalue weighted by Crippen LogP contribution is 2.12. The minimum Gasteiger partial charge on any atom is -0.378 e. The van der Waals surface area contributed by atoms with Gasteiger partial charge in [-0.2, -0.15) is 0 Å². The molecule has 0 heterocycles.